The van der Waals surface area contributed by atoms with Crippen LogP contribution < -0.4 is 5.32 Å². The molecule has 1 aromatic carbocycles. The van der Waals surface area contributed by atoms with Crippen LogP contribution in [0.25, 0.3) is 0 Å². The first-order valence-corrected chi connectivity index (χ1v) is 8.80. The average Bonchev–Trinajstić information content (AvgIpc) is 2.83. The zero-order valence-electron chi connectivity index (χ0n) is 12.7. The average molecular weight is 355 g/mol. The summed E-state index contributed by atoms with van der Waals surface area (Å²) in [6, 6.07) is 5.91. The van der Waals surface area contributed by atoms with Gasteiger partial charge in [-0.1, -0.05) is 34.8 Å². The molecule has 1 aromatic rings. The quantitative estimate of drug-likeness (QED) is 0.860. The van der Waals surface area contributed by atoms with E-state index in [2.05, 4.69) is 33.1 Å². The van der Waals surface area contributed by atoms with Gasteiger partial charge in [-0.05, 0) is 44.9 Å². The molecule has 0 bridgehead atoms. The predicted molar refractivity (Wildman–Crippen MR) is 87.8 cm³/mol. The summed E-state index contributed by atoms with van der Waals surface area (Å²) in [6.45, 7) is 5.11. The summed E-state index contributed by atoms with van der Waals surface area (Å²) >= 11 is 3.33. The van der Waals surface area contributed by atoms with Gasteiger partial charge in [-0.3, -0.25) is 4.90 Å². The molecule has 1 saturated heterocycles. The molecule has 116 valence electrons. The highest BCUT2D eigenvalue weighted by Crippen LogP contribution is 2.33. The minimum atomic E-state index is -0.103. The van der Waals surface area contributed by atoms with Crippen LogP contribution in [0.2, 0.25) is 0 Å². The molecular formula is C17H24BrFN2. The first kappa shape index (κ1) is 15.4. The van der Waals surface area contributed by atoms with Crippen LogP contribution in [0.1, 0.15) is 44.6 Å². The highest BCUT2D eigenvalue weighted by molar-refractivity contribution is 9.10. The molecule has 0 aromatic heterocycles. The fourth-order valence-corrected chi connectivity index (χ4v) is 4.13. The zero-order valence-corrected chi connectivity index (χ0v) is 14.3. The van der Waals surface area contributed by atoms with Crippen LogP contribution in [0.4, 0.5) is 4.39 Å². The lowest BCUT2D eigenvalue weighted by atomic mass is 9.96. The van der Waals surface area contributed by atoms with Crippen molar-refractivity contribution < 1.29 is 4.39 Å². The minimum absolute atomic E-state index is 0.103. The largest absolute Gasteiger partial charge is 0.310 e. The van der Waals surface area contributed by atoms with E-state index in [0.717, 1.165) is 29.5 Å². The fourth-order valence-electron chi connectivity index (χ4n) is 3.80. The highest BCUT2D eigenvalue weighted by atomic mass is 79.9. The van der Waals surface area contributed by atoms with Crippen molar-refractivity contribution >= 4 is 15.9 Å². The van der Waals surface area contributed by atoms with Gasteiger partial charge in [0.1, 0.15) is 5.82 Å². The number of hydrogen-bond donors (Lipinski definition) is 1. The van der Waals surface area contributed by atoms with Crippen molar-refractivity contribution in [2.24, 2.45) is 0 Å². The Hall–Kier alpha value is -0.450. The van der Waals surface area contributed by atoms with Gasteiger partial charge in [0.15, 0.2) is 0 Å². The smallest absolute Gasteiger partial charge is 0.128 e. The Morgan fingerprint density at radius 2 is 2.14 bits per heavy atom. The maximum absolute atomic E-state index is 14.1. The molecule has 2 fully saturated rings. The Morgan fingerprint density at radius 3 is 2.86 bits per heavy atom. The van der Waals surface area contributed by atoms with Crippen molar-refractivity contribution in [3.8, 4) is 0 Å². The van der Waals surface area contributed by atoms with E-state index >= 15 is 0 Å². The molecule has 1 spiro atoms. The van der Waals surface area contributed by atoms with Crippen molar-refractivity contribution in [3.05, 3.63) is 34.1 Å². The second-order valence-electron chi connectivity index (χ2n) is 6.69. The lowest BCUT2D eigenvalue weighted by Gasteiger charge is -2.35. The van der Waals surface area contributed by atoms with Crippen molar-refractivity contribution in [1.82, 2.24) is 10.2 Å². The third kappa shape index (κ3) is 3.49. The normalized spacial score (nSPS) is 26.1. The number of halogens is 2. The van der Waals surface area contributed by atoms with Gasteiger partial charge < -0.3 is 5.32 Å². The standard InChI is InChI=1S/C17H24BrFN2/c1-13-6-9-20-17(7-2-3-8-17)12-21(13)11-14-4-5-15(18)10-16(14)19/h4-5,10,13,20H,2-3,6-9,11-12H2,1H3. The lowest BCUT2D eigenvalue weighted by Crippen LogP contribution is -2.50. The second-order valence-corrected chi connectivity index (χ2v) is 7.61. The first-order valence-electron chi connectivity index (χ1n) is 8.01. The molecule has 1 heterocycles. The Bertz CT molecular complexity index is 500. The van der Waals surface area contributed by atoms with E-state index in [-0.39, 0.29) is 11.4 Å². The molecule has 1 aliphatic carbocycles. The third-order valence-corrected chi connectivity index (χ3v) is 5.63. The summed E-state index contributed by atoms with van der Waals surface area (Å²) in [6.07, 6.45) is 6.31. The number of rotatable bonds is 2. The number of nitrogens with zero attached hydrogens (tertiary/aromatic N) is 1. The monoisotopic (exact) mass is 354 g/mol. The van der Waals surface area contributed by atoms with Gasteiger partial charge in [0.2, 0.25) is 0 Å². The molecule has 1 saturated carbocycles. The van der Waals surface area contributed by atoms with Crippen LogP contribution in [-0.2, 0) is 6.54 Å². The van der Waals surface area contributed by atoms with Crippen LogP contribution in [0.3, 0.4) is 0 Å². The lowest BCUT2D eigenvalue weighted by molar-refractivity contribution is 0.158. The van der Waals surface area contributed by atoms with Crippen molar-refractivity contribution in [3.63, 3.8) is 0 Å². The van der Waals surface area contributed by atoms with E-state index in [0.29, 0.717) is 12.6 Å². The van der Waals surface area contributed by atoms with Gasteiger partial charge in [0.25, 0.3) is 0 Å². The molecule has 0 radical (unpaired) electrons. The van der Waals surface area contributed by atoms with Gasteiger partial charge in [-0.2, -0.15) is 0 Å². The summed E-state index contributed by atoms with van der Waals surface area (Å²) in [5.74, 6) is -0.103. The SMILES string of the molecule is CC1CCNC2(CCCC2)CN1Cc1ccc(Br)cc1F. The predicted octanol–water partition coefficient (Wildman–Crippen LogP) is 4.08. The summed E-state index contributed by atoms with van der Waals surface area (Å²) < 4.78 is 14.9. The minimum Gasteiger partial charge on any atom is -0.310 e. The molecule has 4 heteroatoms. The van der Waals surface area contributed by atoms with Crippen LogP contribution in [0.5, 0.6) is 0 Å². The number of benzene rings is 1. The van der Waals surface area contributed by atoms with E-state index in [1.165, 1.54) is 25.7 Å². The second kappa shape index (κ2) is 6.35. The summed E-state index contributed by atoms with van der Waals surface area (Å²) in [5, 5.41) is 3.78. The zero-order chi connectivity index (χ0) is 14.9. The number of nitrogens with one attached hydrogen (secondary N) is 1. The van der Waals surface area contributed by atoms with Gasteiger partial charge in [0, 0.05) is 34.7 Å². The molecular weight excluding hydrogens is 331 g/mol. The summed E-state index contributed by atoms with van der Waals surface area (Å²) in [7, 11) is 0. The van der Waals surface area contributed by atoms with E-state index < -0.39 is 0 Å². The molecule has 1 N–H and O–H groups in total. The molecule has 1 atom stereocenters. The maximum atomic E-state index is 14.1. The Labute approximate surface area is 135 Å². The van der Waals surface area contributed by atoms with E-state index in [1.54, 1.807) is 6.07 Å². The molecule has 0 amide bonds. The molecule has 3 rings (SSSR count). The number of hydrogen-bond acceptors (Lipinski definition) is 2. The first-order chi connectivity index (χ1) is 10.1. The fraction of sp³-hybridized carbons (Fsp3) is 0.647. The van der Waals surface area contributed by atoms with Crippen LogP contribution in [-0.4, -0.2) is 29.6 Å². The molecule has 1 aliphatic heterocycles. The summed E-state index contributed by atoms with van der Waals surface area (Å²) in [4.78, 5) is 2.47. The van der Waals surface area contributed by atoms with Crippen molar-refractivity contribution in [1.29, 1.82) is 0 Å². The highest BCUT2D eigenvalue weighted by Gasteiger charge is 2.38. The van der Waals surface area contributed by atoms with Crippen molar-refractivity contribution in [2.75, 3.05) is 13.1 Å². The molecule has 1 unspecified atom stereocenters. The van der Waals surface area contributed by atoms with E-state index in [4.69, 9.17) is 0 Å². The van der Waals surface area contributed by atoms with Crippen LogP contribution >= 0.6 is 15.9 Å². The van der Waals surface area contributed by atoms with Crippen LogP contribution in [0, 0.1) is 5.82 Å². The molecule has 21 heavy (non-hydrogen) atoms. The van der Waals surface area contributed by atoms with Gasteiger partial charge in [-0.15, -0.1) is 0 Å². The van der Waals surface area contributed by atoms with E-state index in [1.807, 2.05) is 12.1 Å². The Balaban J connectivity index is 1.77. The van der Waals surface area contributed by atoms with E-state index in [9.17, 15) is 4.39 Å². The van der Waals surface area contributed by atoms with Crippen molar-refractivity contribution in [2.45, 2.75) is 57.2 Å². The van der Waals surface area contributed by atoms with Crippen LogP contribution in [0.15, 0.2) is 22.7 Å². The summed E-state index contributed by atoms with van der Waals surface area (Å²) in [5.41, 5.74) is 1.08. The van der Waals surface area contributed by atoms with Gasteiger partial charge >= 0.3 is 0 Å². The van der Waals surface area contributed by atoms with Gasteiger partial charge in [0.05, 0.1) is 0 Å². The van der Waals surface area contributed by atoms with Gasteiger partial charge in [-0.25, -0.2) is 4.39 Å². The third-order valence-electron chi connectivity index (χ3n) is 5.14. The molecule has 2 nitrogen and oxygen atoms in total. The Morgan fingerprint density at radius 1 is 1.38 bits per heavy atom. The maximum Gasteiger partial charge on any atom is 0.128 e. The molecule has 2 aliphatic rings. The topological polar surface area (TPSA) is 15.3 Å². The Kier molecular flexibility index (Phi) is 4.67.